The minimum Gasteiger partial charge on any atom is -0.494 e. The molecule has 0 N–H and O–H groups in total. The van der Waals surface area contributed by atoms with Gasteiger partial charge in [0.2, 0.25) is 0 Å². The molecule has 0 aromatic heterocycles. The molecular formula is C26H34O. The summed E-state index contributed by atoms with van der Waals surface area (Å²) in [4.78, 5) is 0. The number of ether oxygens (including phenoxy) is 1. The number of hydrogen-bond acceptors (Lipinski definition) is 1. The van der Waals surface area contributed by atoms with E-state index in [-0.39, 0.29) is 0 Å². The summed E-state index contributed by atoms with van der Waals surface area (Å²) < 4.78 is 5.66. The molecule has 1 aromatic rings. The lowest BCUT2D eigenvalue weighted by Crippen LogP contribution is -2.13. The van der Waals surface area contributed by atoms with Gasteiger partial charge in [-0.2, -0.15) is 0 Å². The van der Waals surface area contributed by atoms with Crippen LogP contribution >= 0.6 is 0 Å². The number of allylic oxidation sites excluding steroid dienone is 2. The van der Waals surface area contributed by atoms with Crippen molar-refractivity contribution in [2.75, 3.05) is 6.61 Å². The monoisotopic (exact) mass is 362 g/mol. The first kappa shape index (κ1) is 21.2. The average Bonchev–Trinajstić information content (AvgIpc) is 2.71. The van der Waals surface area contributed by atoms with E-state index in [0.717, 1.165) is 36.7 Å². The van der Waals surface area contributed by atoms with Crippen molar-refractivity contribution in [3.8, 4) is 29.4 Å². The first-order chi connectivity index (χ1) is 13.3. The van der Waals surface area contributed by atoms with Gasteiger partial charge in [0.1, 0.15) is 5.75 Å². The number of hydrogen-bond donors (Lipinski definition) is 0. The largest absolute Gasteiger partial charge is 0.494 e. The van der Waals surface area contributed by atoms with E-state index in [9.17, 15) is 0 Å². The normalized spacial score (nSPS) is 19.0. The second kappa shape index (κ2) is 13.1. The molecule has 0 atom stereocenters. The summed E-state index contributed by atoms with van der Waals surface area (Å²) in [6.07, 6.45) is 15.4. The summed E-state index contributed by atoms with van der Waals surface area (Å²) in [5.74, 6) is 15.3. The SMILES string of the molecule is CCCCOc1ccc(C#CC=CC#CC2CCC(CCCC)CC2)cc1. The van der Waals surface area contributed by atoms with Crippen LogP contribution in [0.3, 0.4) is 0 Å². The van der Waals surface area contributed by atoms with Crippen LogP contribution in [0.2, 0.25) is 0 Å². The minimum absolute atomic E-state index is 0.584. The Balaban J connectivity index is 1.70. The van der Waals surface area contributed by atoms with Gasteiger partial charge in [0.05, 0.1) is 6.61 Å². The summed E-state index contributed by atoms with van der Waals surface area (Å²) in [5, 5.41) is 0. The van der Waals surface area contributed by atoms with Crippen LogP contribution in [0.4, 0.5) is 0 Å². The topological polar surface area (TPSA) is 9.23 Å². The molecule has 0 radical (unpaired) electrons. The maximum atomic E-state index is 5.66. The summed E-state index contributed by atoms with van der Waals surface area (Å²) in [5.41, 5.74) is 1.00. The van der Waals surface area contributed by atoms with E-state index < -0.39 is 0 Å². The molecule has 1 aromatic carbocycles. The van der Waals surface area contributed by atoms with Gasteiger partial charge in [-0.25, -0.2) is 0 Å². The van der Waals surface area contributed by atoms with Gasteiger partial charge in [0.25, 0.3) is 0 Å². The third-order valence-electron chi connectivity index (χ3n) is 5.19. The quantitative estimate of drug-likeness (QED) is 0.384. The van der Waals surface area contributed by atoms with Gasteiger partial charge in [-0.3, -0.25) is 0 Å². The van der Waals surface area contributed by atoms with Gasteiger partial charge in [0.15, 0.2) is 0 Å². The smallest absolute Gasteiger partial charge is 0.119 e. The van der Waals surface area contributed by atoms with Crippen molar-refractivity contribution in [2.24, 2.45) is 11.8 Å². The Labute approximate surface area is 166 Å². The molecule has 27 heavy (non-hydrogen) atoms. The summed E-state index contributed by atoms with van der Waals surface area (Å²) in [7, 11) is 0. The van der Waals surface area contributed by atoms with Crippen LogP contribution in [0.5, 0.6) is 5.75 Å². The van der Waals surface area contributed by atoms with Crippen molar-refractivity contribution in [1.82, 2.24) is 0 Å². The van der Waals surface area contributed by atoms with Gasteiger partial charge in [-0.1, -0.05) is 63.2 Å². The van der Waals surface area contributed by atoms with Crippen molar-refractivity contribution >= 4 is 0 Å². The van der Waals surface area contributed by atoms with Crippen molar-refractivity contribution in [1.29, 1.82) is 0 Å². The number of rotatable bonds is 7. The molecule has 0 unspecified atom stereocenters. The Hall–Kier alpha value is -2.12. The predicted octanol–water partition coefficient (Wildman–Crippen LogP) is 6.77. The zero-order valence-corrected chi connectivity index (χ0v) is 17.1. The van der Waals surface area contributed by atoms with Crippen LogP contribution < -0.4 is 4.74 Å². The lowest BCUT2D eigenvalue weighted by molar-refractivity contribution is 0.296. The first-order valence-corrected chi connectivity index (χ1v) is 10.7. The molecule has 1 fully saturated rings. The Kier molecular flexibility index (Phi) is 10.3. The van der Waals surface area contributed by atoms with Crippen molar-refractivity contribution in [3.05, 3.63) is 42.0 Å². The highest BCUT2D eigenvalue weighted by Crippen LogP contribution is 2.31. The van der Waals surface area contributed by atoms with Gasteiger partial charge >= 0.3 is 0 Å². The summed E-state index contributed by atoms with van der Waals surface area (Å²) in [6, 6.07) is 7.98. The molecule has 0 bridgehead atoms. The third-order valence-corrected chi connectivity index (χ3v) is 5.19. The fraction of sp³-hybridized carbons (Fsp3) is 0.538. The summed E-state index contributed by atoms with van der Waals surface area (Å²) >= 11 is 0. The van der Waals surface area contributed by atoms with Crippen molar-refractivity contribution < 1.29 is 4.74 Å². The highest BCUT2D eigenvalue weighted by atomic mass is 16.5. The second-order valence-corrected chi connectivity index (χ2v) is 7.48. The summed E-state index contributed by atoms with van der Waals surface area (Å²) in [6.45, 7) is 5.23. The van der Waals surface area contributed by atoms with E-state index in [2.05, 4.69) is 37.5 Å². The fourth-order valence-electron chi connectivity index (χ4n) is 3.43. The highest BCUT2D eigenvalue weighted by Gasteiger charge is 2.18. The van der Waals surface area contributed by atoms with E-state index in [0.29, 0.717) is 5.92 Å². The van der Waals surface area contributed by atoms with Crippen LogP contribution in [0.25, 0.3) is 0 Å². The van der Waals surface area contributed by atoms with Crippen LogP contribution in [-0.2, 0) is 0 Å². The first-order valence-electron chi connectivity index (χ1n) is 10.7. The van der Waals surface area contributed by atoms with Gasteiger partial charge in [-0.15, -0.1) is 0 Å². The average molecular weight is 363 g/mol. The van der Waals surface area contributed by atoms with Crippen LogP contribution in [0.1, 0.15) is 77.2 Å². The molecule has 1 aliphatic carbocycles. The van der Waals surface area contributed by atoms with Crippen LogP contribution in [0.15, 0.2) is 36.4 Å². The lowest BCUT2D eigenvalue weighted by atomic mass is 9.80. The van der Waals surface area contributed by atoms with E-state index in [4.69, 9.17) is 4.74 Å². The van der Waals surface area contributed by atoms with E-state index in [1.165, 1.54) is 44.9 Å². The predicted molar refractivity (Wildman–Crippen MR) is 116 cm³/mol. The molecule has 0 saturated heterocycles. The van der Waals surface area contributed by atoms with E-state index in [1.54, 1.807) is 0 Å². The van der Waals surface area contributed by atoms with E-state index in [1.807, 2.05) is 36.4 Å². The standard InChI is InChI=1S/C26H34O/c1-3-5-11-23-14-16-24(17-15-23)12-9-7-8-10-13-25-18-20-26(21-19-25)27-22-6-4-2/h7-8,18-21,23-24H,3-6,11,14-17,22H2,1-2H3. The maximum absolute atomic E-state index is 5.66. The Morgan fingerprint density at radius 3 is 2.33 bits per heavy atom. The molecule has 144 valence electrons. The third kappa shape index (κ3) is 8.88. The Bertz CT molecular complexity index is 667. The molecule has 1 heteroatoms. The van der Waals surface area contributed by atoms with Gasteiger partial charge < -0.3 is 4.74 Å². The van der Waals surface area contributed by atoms with Crippen molar-refractivity contribution in [2.45, 2.75) is 71.6 Å². The molecule has 1 saturated carbocycles. The highest BCUT2D eigenvalue weighted by molar-refractivity contribution is 5.40. The zero-order valence-electron chi connectivity index (χ0n) is 17.1. The van der Waals surface area contributed by atoms with E-state index >= 15 is 0 Å². The van der Waals surface area contributed by atoms with Gasteiger partial charge in [0, 0.05) is 11.5 Å². The Morgan fingerprint density at radius 1 is 0.926 bits per heavy atom. The fourth-order valence-corrected chi connectivity index (χ4v) is 3.43. The molecular weight excluding hydrogens is 328 g/mol. The van der Waals surface area contributed by atoms with Crippen LogP contribution in [0, 0.1) is 35.5 Å². The molecule has 2 rings (SSSR count). The molecule has 0 heterocycles. The maximum Gasteiger partial charge on any atom is 0.119 e. The second-order valence-electron chi connectivity index (χ2n) is 7.48. The molecule has 1 aliphatic rings. The molecule has 0 aliphatic heterocycles. The number of benzene rings is 1. The number of unbranched alkanes of at least 4 members (excludes halogenated alkanes) is 2. The molecule has 0 spiro atoms. The molecule has 0 amide bonds. The van der Waals surface area contributed by atoms with Crippen LogP contribution in [-0.4, -0.2) is 6.61 Å². The lowest BCUT2D eigenvalue weighted by Gasteiger charge is -2.25. The van der Waals surface area contributed by atoms with Crippen molar-refractivity contribution in [3.63, 3.8) is 0 Å². The minimum atomic E-state index is 0.584. The Morgan fingerprint density at radius 2 is 1.63 bits per heavy atom. The van der Waals surface area contributed by atoms with Gasteiger partial charge in [-0.05, 0) is 74.4 Å². The molecule has 1 nitrogen and oxygen atoms in total. The zero-order chi connectivity index (χ0) is 19.2.